The summed E-state index contributed by atoms with van der Waals surface area (Å²) in [6.07, 6.45) is -0.860. The number of amides is 1. The number of nitrogens with zero attached hydrogens (tertiary/aromatic N) is 2. The van der Waals surface area contributed by atoms with Crippen molar-refractivity contribution in [3.63, 3.8) is 0 Å². The molecule has 1 aliphatic rings. The van der Waals surface area contributed by atoms with Crippen LogP contribution in [0.2, 0.25) is 5.28 Å². The molecule has 0 radical (unpaired) electrons. The zero-order chi connectivity index (χ0) is 27.5. The molecule has 11 heteroatoms. The van der Waals surface area contributed by atoms with E-state index in [-0.39, 0.29) is 47.7 Å². The number of aryl methyl sites for hydroxylation is 1. The zero-order valence-electron chi connectivity index (χ0n) is 20.3. The maximum Gasteiger partial charge on any atom is 0.416 e. The molecule has 37 heavy (non-hydrogen) atoms. The number of aliphatic hydroxyl groups is 1. The molecule has 2 aromatic rings. The van der Waals surface area contributed by atoms with Crippen molar-refractivity contribution in [2.45, 2.75) is 52.1 Å². The summed E-state index contributed by atoms with van der Waals surface area (Å²) in [5.74, 6) is 3.22. The highest BCUT2D eigenvalue weighted by molar-refractivity contribution is 6.29. The molecule has 0 spiro atoms. The average Bonchev–Trinajstić information content (AvgIpc) is 3.10. The molecule has 0 aliphatic heterocycles. The van der Waals surface area contributed by atoms with E-state index in [0.717, 1.165) is 12.2 Å². The van der Waals surface area contributed by atoms with E-state index in [2.05, 4.69) is 22.1 Å². The quantitative estimate of drug-likeness (QED) is 0.467. The molecule has 1 aliphatic carbocycles. The molecule has 0 fully saturated rings. The van der Waals surface area contributed by atoms with E-state index in [0.29, 0.717) is 11.1 Å². The third-order valence-corrected chi connectivity index (χ3v) is 5.82. The number of carboxylic acids is 1. The minimum absolute atomic E-state index is 0.000346. The average molecular weight is 536 g/mol. The summed E-state index contributed by atoms with van der Waals surface area (Å²) in [4.78, 5) is 28.6. The predicted octanol–water partition coefficient (Wildman–Crippen LogP) is 4.66. The molecule has 0 saturated carbocycles. The molecule has 1 atom stereocenters. The lowest BCUT2D eigenvalue weighted by atomic mass is 9.96. The number of alkyl halides is 3. The van der Waals surface area contributed by atoms with E-state index in [1.165, 1.54) is 30.6 Å². The van der Waals surface area contributed by atoms with Crippen LogP contribution in [0.3, 0.4) is 0 Å². The Bertz CT molecular complexity index is 1340. The topological polar surface area (TPSA) is 104 Å². The van der Waals surface area contributed by atoms with Crippen molar-refractivity contribution in [1.29, 1.82) is 0 Å². The van der Waals surface area contributed by atoms with Crippen molar-refractivity contribution >= 4 is 23.5 Å². The van der Waals surface area contributed by atoms with Crippen LogP contribution in [-0.2, 0) is 13.1 Å². The number of aromatic nitrogens is 2. The lowest BCUT2D eigenvalue weighted by Crippen LogP contribution is -2.28. The highest BCUT2D eigenvalue weighted by atomic mass is 35.5. The minimum atomic E-state index is -4.44. The molecular formula is C26H25ClF3N3O4. The fourth-order valence-corrected chi connectivity index (χ4v) is 3.95. The number of carboxylic acid groups (broad SMARTS) is 1. The first kappa shape index (κ1) is 28.0. The lowest BCUT2D eigenvalue weighted by molar-refractivity contribution is -0.0887. The number of imidazole rings is 1. The minimum Gasteiger partial charge on any atom is -0.478 e. The molecule has 0 bridgehead atoms. The van der Waals surface area contributed by atoms with Gasteiger partial charge >= 0.3 is 12.1 Å². The van der Waals surface area contributed by atoms with Crippen LogP contribution < -0.4 is 5.32 Å². The van der Waals surface area contributed by atoms with Crippen LogP contribution in [0.15, 0.2) is 42.0 Å². The molecule has 1 aromatic heterocycles. The summed E-state index contributed by atoms with van der Waals surface area (Å²) < 4.78 is 40.2. The number of nitrogens with one attached hydrogen (secondary N) is 1. The van der Waals surface area contributed by atoms with Crippen molar-refractivity contribution in [2.24, 2.45) is 5.92 Å². The zero-order valence-corrected chi connectivity index (χ0v) is 21.0. The van der Waals surface area contributed by atoms with E-state index in [1.807, 2.05) is 0 Å². The number of carbonyl (C=O) groups excluding carboxylic acids is 1. The summed E-state index contributed by atoms with van der Waals surface area (Å²) in [7, 11) is 0. The number of hydrogen-bond donors (Lipinski definition) is 3. The number of allylic oxidation sites excluding steroid dienone is 4. The number of rotatable bonds is 6. The van der Waals surface area contributed by atoms with E-state index >= 15 is 0 Å². The number of halogens is 4. The van der Waals surface area contributed by atoms with Gasteiger partial charge in [-0.15, -0.1) is 0 Å². The Morgan fingerprint density at radius 2 is 2.00 bits per heavy atom. The molecule has 3 rings (SSSR count). The van der Waals surface area contributed by atoms with E-state index < -0.39 is 29.2 Å². The summed E-state index contributed by atoms with van der Waals surface area (Å²) in [5.41, 5.74) is -0.783. The maximum atomic E-state index is 13.2. The van der Waals surface area contributed by atoms with Crippen molar-refractivity contribution in [1.82, 2.24) is 14.9 Å². The summed E-state index contributed by atoms with van der Waals surface area (Å²) in [6, 6.07) is 4.66. The maximum absolute atomic E-state index is 13.2. The van der Waals surface area contributed by atoms with Gasteiger partial charge < -0.3 is 20.1 Å². The first-order chi connectivity index (χ1) is 17.2. The normalized spacial score (nSPS) is 15.6. The van der Waals surface area contributed by atoms with Crippen molar-refractivity contribution < 1.29 is 33.0 Å². The smallest absolute Gasteiger partial charge is 0.416 e. The highest BCUT2D eigenvalue weighted by Crippen LogP contribution is 2.32. The fourth-order valence-electron chi connectivity index (χ4n) is 3.71. The predicted molar refractivity (Wildman–Crippen MR) is 131 cm³/mol. The Labute approximate surface area is 216 Å². The second-order valence-corrected chi connectivity index (χ2v) is 9.48. The molecule has 1 unspecified atom stereocenters. The van der Waals surface area contributed by atoms with Gasteiger partial charge in [-0.3, -0.25) is 4.79 Å². The van der Waals surface area contributed by atoms with E-state index in [4.69, 9.17) is 11.6 Å². The van der Waals surface area contributed by atoms with Crippen LogP contribution in [0.4, 0.5) is 13.2 Å². The van der Waals surface area contributed by atoms with E-state index in [1.54, 1.807) is 19.1 Å². The number of aromatic carboxylic acids is 1. The molecule has 1 aromatic carbocycles. The van der Waals surface area contributed by atoms with Crippen LogP contribution in [0.5, 0.6) is 0 Å². The highest BCUT2D eigenvalue weighted by Gasteiger charge is 2.33. The fraction of sp³-hybridized carbons (Fsp3) is 0.346. The molecule has 1 heterocycles. The van der Waals surface area contributed by atoms with Gasteiger partial charge in [-0.05, 0) is 67.8 Å². The van der Waals surface area contributed by atoms with Crippen LogP contribution in [-0.4, -0.2) is 43.4 Å². The van der Waals surface area contributed by atoms with Gasteiger partial charge in [0, 0.05) is 13.1 Å². The third kappa shape index (κ3) is 7.24. The van der Waals surface area contributed by atoms with Gasteiger partial charge in [0.25, 0.3) is 5.91 Å². The van der Waals surface area contributed by atoms with E-state index in [9.17, 15) is 33.0 Å². The van der Waals surface area contributed by atoms with Gasteiger partial charge in [-0.1, -0.05) is 36.3 Å². The molecule has 7 nitrogen and oxygen atoms in total. The first-order valence-electron chi connectivity index (χ1n) is 11.2. The summed E-state index contributed by atoms with van der Waals surface area (Å²) in [6.45, 7) is 4.69. The Balaban J connectivity index is 1.88. The Kier molecular flexibility index (Phi) is 8.20. The van der Waals surface area contributed by atoms with Crippen LogP contribution in [0, 0.1) is 24.7 Å². The van der Waals surface area contributed by atoms with Crippen LogP contribution in [0.25, 0.3) is 0 Å². The van der Waals surface area contributed by atoms with Crippen molar-refractivity contribution in [3.05, 3.63) is 75.4 Å². The van der Waals surface area contributed by atoms with Crippen LogP contribution >= 0.6 is 11.6 Å². The van der Waals surface area contributed by atoms with Crippen molar-refractivity contribution in [3.8, 4) is 11.8 Å². The van der Waals surface area contributed by atoms with Gasteiger partial charge in [-0.25, -0.2) is 9.78 Å². The van der Waals surface area contributed by atoms with Gasteiger partial charge in [-0.2, -0.15) is 13.2 Å². The number of hydrogen-bond acceptors (Lipinski definition) is 4. The Hall–Kier alpha value is -3.55. The Morgan fingerprint density at radius 1 is 1.30 bits per heavy atom. The largest absolute Gasteiger partial charge is 0.478 e. The second kappa shape index (κ2) is 10.8. The second-order valence-electron chi connectivity index (χ2n) is 9.15. The van der Waals surface area contributed by atoms with Gasteiger partial charge in [0.2, 0.25) is 5.28 Å². The lowest BCUT2D eigenvalue weighted by Gasteiger charge is -2.19. The summed E-state index contributed by atoms with van der Waals surface area (Å²) >= 11 is 6.32. The molecule has 3 N–H and O–H groups in total. The molecule has 1 amide bonds. The standard InChI is InChI=1S/C26H25ClF3N3O4/c1-15-12-17(6-9-19(15)23(35)36)13-31-22(34)21-20(10-11-25(2,3)37)32-24(27)33(21)14-16-4-7-18(8-5-16)26(28,29)30/h4,6-9,12,16,37H,5,13-14H2,1-3H3,(H,31,34)(H,35,36). The van der Waals surface area contributed by atoms with Gasteiger partial charge in [0.1, 0.15) is 17.0 Å². The monoisotopic (exact) mass is 535 g/mol. The number of benzene rings is 1. The Morgan fingerprint density at radius 3 is 2.54 bits per heavy atom. The number of carbonyl (C=O) groups is 2. The SMILES string of the molecule is Cc1cc(CNC(=O)c2c(C#CC(C)(C)O)nc(Cl)n2CC2C=CC(C(F)(F)F)=CC2)ccc1C(=O)O. The molecular weight excluding hydrogens is 511 g/mol. The van der Waals surface area contributed by atoms with Gasteiger partial charge in [0.15, 0.2) is 0 Å². The third-order valence-electron chi connectivity index (χ3n) is 5.53. The van der Waals surface area contributed by atoms with Crippen molar-refractivity contribution in [2.75, 3.05) is 0 Å². The molecule has 0 saturated heterocycles. The molecule has 196 valence electrons. The van der Waals surface area contributed by atoms with Gasteiger partial charge in [0.05, 0.1) is 11.1 Å². The van der Waals surface area contributed by atoms with Crippen LogP contribution in [0.1, 0.15) is 57.9 Å². The summed E-state index contributed by atoms with van der Waals surface area (Å²) in [5, 5.41) is 21.8. The first-order valence-corrected chi connectivity index (χ1v) is 11.6.